The Morgan fingerprint density at radius 1 is 1.31 bits per heavy atom. The van der Waals surface area contributed by atoms with E-state index in [0.717, 1.165) is 17.3 Å². The first kappa shape index (κ1) is 22.4. The summed E-state index contributed by atoms with van der Waals surface area (Å²) < 4.78 is 0. The largest absolute Gasteiger partial charge is 0.480 e. The molecule has 154 valence electrons. The highest BCUT2D eigenvalue weighted by Crippen LogP contribution is 2.22. The molecule has 1 fully saturated rings. The maximum absolute atomic E-state index is 12.1. The number of hydrogen-bond acceptors (Lipinski definition) is 6. The Hall–Kier alpha value is -2.94. The molecule has 0 spiro atoms. The van der Waals surface area contributed by atoms with Crippen LogP contribution in [0.1, 0.15) is 32.3 Å². The quantitative estimate of drug-likeness (QED) is 0.421. The van der Waals surface area contributed by atoms with Crippen LogP contribution >= 0.6 is 11.8 Å². The van der Waals surface area contributed by atoms with Crippen molar-refractivity contribution in [1.82, 2.24) is 10.6 Å². The lowest BCUT2D eigenvalue weighted by atomic mass is 10.0. The highest BCUT2D eigenvalue weighted by molar-refractivity contribution is 8.15. The topological polar surface area (TPSA) is 120 Å². The molecule has 3 N–H and O–H groups in total. The molecule has 2 atom stereocenters. The molecule has 0 aliphatic carbocycles. The Kier molecular flexibility index (Phi) is 8.60. The number of aliphatic carboxylic acids is 1. The summed E-state index contributed by atoms with van der Waals surface area (Å²) in [7, 11) is 0. The zero-order chi connectivity index (χ0) is 21.2. The smallest absolute Gasteiger partial charge is 0.326 e. The van der Waals surface area contributed by atoms with Crippen molar-refractivity contribution in [3.63, 3.8) is 0 Å². The van der Waals surface area contributed by atoms with Crippen molar-refractivity contribution in [3.05, 3.63) is 42.0 Å². The predicted molar refractivity (Wildman–Crippen MR) is 115 cm³/mol. The van der Waals surface area contributed by atoms with Gasteiger partial charge in [0.1, 0.15) is 11.3 Å². The second-order valence-corrected chi connectivity index (χ2v) is 8.02. The molecule has 2 amide bonds. The first-order chi connectivity index (χ1) is 13.8. The molecule has 1 saturated heterocycles. The van der Waals surface area contributed by atoms with Crippen LogP contribution in [-0.2, 0) is 14.4 Å². The monoisotopic (exact) mass is 416 g/mol. The van der Waals surface area contributed by atoms with E-state index in [1.807, 2.05) is 50.3 Å². The molecule has 2 rings (SSSR count). The van der Waals surface area contributed by atoms with Crippen LogP contribution in [0.15, 0.2) is 46.6 Å². The lowest BCUT2D eigenvalue weighted by molar-refractivity contribution is -0.142. The second-order valence-electron chi connectivity index (χ2n) is 6.83. The summed E-state index contributed by atoms with van der Waals surface area (Å²) in [6.07, 6.45) is 5.29. The summed E-state index contributed by atoms with van der Waals surface area (Å²) in [5.41, 5.74) is 1.03. The molecule has 1 heterocycles. The van der Waals surface area contributed by atoms with E-state index in [-0.39, 0.29) is 18.2 Å². The number of amides is 2. The Labute approximate surface area is 173 Å². The van der Waals surface area contributed by atoms with Gasteiger partial charge in [0.15, 0.2) is 5.17 Å². The molecule has 1 aromatic rings. The SMILES string of the molecule is CC(C)C[C@H](NC(=O)C[C@H]1S\C(=N/N=C\C=C\c2ccccc2)NC1=O)C(=O)O. The van der Waals surface area contributed by atoms with E-state index in [1.54, 1.807) is 6.08 Å². The normalized spacial score (nSPS) is 19.2. The molecular weight excluding hydrogens is 392 g/mol. The summed E-state index contributed by atoms with van der Waals surface area (Å²) in [6, 6.07) is 8.73. The van der Waals surface area contributed by atoms with Crippen LogP contribution < -0.4 is 10.6 Å². The number of amidine groups is 1. The van der Waals surface area contributed by atoms with Crippen LogP contribution in [0.2, 0.25) is 0 Å². The van der Waals surface area contributed by atoms with Crippen molar-refractivity contribution in [2.75, 3.05) is 0 Å². The number of nitrogens with one attached hydrogen (secondary N) is 2. The first-order valence-electron chi connectivity index (χ1n) is 9.17. The van der Waals surface area contributed by atoms with Crippen LogP contribution in [0.3, 0.4) is 0 Å². The number of hydrogen-bond donors (Lipinski definition) is 3. The van der Waals surface area contributed by atoms with Gasteiger partial charge in [0, 0.05) is 12.6 Å². The lowest BCUT2D eigenvalue weighted by Crippen LogP contribution is -2.43. The molecule has 0 unspecified atom stereocenters. The molecule has 0 bridgehead atoms. The summed E-state index contributed by atoms with van der Waals surface area (Å²) in [6.45, 7) is 3.75. The third-order valence-corrected chi connectivity index (χ3v) is 4.95. The number of rotatable bonds is 9. The Balaban J connectivity index is 1.85. The van der Waals surface area contributed by atoms with E-state index >= 15 is 0 Å². The minimum atomic E-state index is -1.09. The maximum atomic E-state index is 12.1. The third kappa shape index (κ3) is 7.90. The van der Waals surface area contributed by atoms with E-state index in [0.29, 0.717) is 11.6 Å². The fraction of sp³-hybridized carbons (Fsp3) is 0.350. The molecule has 0 aromatic heterocycles. The fourth-order valence-corrected chi connectivity index (χ4v) is 3.47. The van der Waals surface area contributed by atoms with Gasteiger partial charge < -0.3 is 15.7 Å². The van der Waals surface area contributed by atoms with E-state index in [2.05, 4.69) is 20.8 Å². The number of carbonyl (C=O) groups excluding carboxylic acids is 2. The van der Waals surface area contributed by atoms with Gasteiger partial charge in [0.25, 0.3) is 0 Å². The van der Waals surface area contributed by atoms with E-state index in [9.17, 15) is 19.5 Å². The van der Waals surface area contributed by atoms with Gasteiger partial charge in [0.05, 0.1) is 0 Å². The molecule has 0 saturated carbocycles. The molecule has 9 heteroatoms. The lowest BCUT2D eigenvalue weighted by Gasteiger charge is -2.17. The van der Waals surface area contributed by atoms with Crippen molar-refractivity contribution in [2.45, 2.75) is 38.0 Å². The van der Waals surface area contributed by atoms with Gasteiger partial charge in [0.2, 0.25) is 11.8 Å². The van der Waals surface area contributed by atoms with Crippen molar-refractivity contribution in [1.29, 1.82) is 0 Å². The number of carboxylic acid groups (broad SMARTS) is 1. The van der Waals surface area contributed by atoms with Crippen LogP contribution in [0.25, 0.3) is 6.08 Å². The fourth-order valence-electron chi connectivity index (χ4n) is 2.54. The number of allylic oxidation sites excluding steroid dienone is 1. The highest BCUT2D eigenvalue weighted by Gasteiger charge is 2.33. The number of benzene rings is 1. The minimum Gasteiger partial charge on any atom is -0.480 e. The van der Waals surface area contributed by atoms with E-state index < -0.39 is 23.2 Å². The molecule has 1 aromatic carbocycles. The second kappa shape index (κ2) is 11.2. The number of thioether (sulfide) groups is 1. The van der Waals surface area contributed by atoms with Crippen molar-refractivity contribution in [2.24, 2.45) is 16.1 Å². The molecule has 0 radical (unpaired) electrons. The summed E-state index contributed by atoms with van der Waals surface area (Å²) in [5, 5.41) is 21.7. The van der Waals surface area contributed by atoms with Gasteiger partial charge >= 0.3 is 5.97 Å². The molecule has 29 heavy (non-hydrogen) atoms. The average molecular weight is 417 g/mol. The van der Waals surface area contributed by atoms with Crippen molar-refractivity contribution in [3.8, 4) is 0 Å². The van der Waals surface area contributed by atoms with E-state index in [4.69, 9.17) is 0 Å². The zero-order valence-corrected chi connectivity index (χ0v) is 17.1. The van der Waals surface area contributed by atoms with Crippen LogP contribution in [0, 0.1) is 5.92 Å². The van der Waals surface area contributed by atoms with Gasteiger partial charge in [-0.1, -0.05) is 62.0 Å². The molecular formula is C20H24N4O4S. The van der Waals surface area contributed by atoms with Gasteiger partial charge in [-0.3, -0.25) is 9.59 Å². The Morgan fingerprint density at radius 3 is 2.69 bits per heavy atom. The van der Waals surface area contributed by atoms with Crippen LogP contribution in [-0.4, -0.2) is 45.6 Å². The summed E-state index contributed by atoms with van der Waals surface area (Å²) in [4.78, 5) is 35.4. The average Bonchev–Trinajstić information content (AvgIpc) is 3.00. The Morgan fingerprint density at radius 2 is 2.03 bits per heavy atom. The summed E-state index contributed by atoms with van der Waals surface area (Å²) in [5.74, 6) is -1.81. The van der Waals surface area contributed by atoms with E-state index in [1.165, 1.54) is 6.21 Å². The minimum absolute atomic E-state index is 0.119. The van der Waals surface area contributed by atoms with Gasteiger partial charge in [-0.2, -0.15) is 5.10 Å². The predicted octanol–water partition coefficient (Wildman–Crippen LogP) is 2.28. The van der Waals surface area contributed by atoms with Crippen molar-refractivity contribution >= 4 is 47.0 Å². The number of carbonyl (C=O) groups is 3. The number of carboxylic acids is 1. The molecule has 1 aliphatic rings. The highest BCUT2D eigenvalue weighted by atomic mass is 32.2. The van der Waals surface area contributed by atoms with Gasteiger partial charge in [-0.15, -0.1) is 5.10 Å². The van der Waals surface area contributed by atoms with Crippen LogP contribution in [0.4, 0.5) is 0 Å². The van der Waals surface area contributed by atoms with Crippen LogP contribution in [0.5, 0.6) is 0 Å². The summed E-state index contributed by atoms with van der Waals surface area (Å²) >= 11 is 1.09. The standard InChI is InChI=1S/C20H24N4O4S/c1-13(2)11-15(19(27)28)22-17(25)12-16-18(26)23-20(29-16)24-21-10-6-9-14-7-4-3-5-8-14/h3-10,13,15-16H,11-12H2,1-2H3,(H,22,25)(H,27,28)(H,23,24,26)/b9-6+,21-10-/t15-,16+/m0/s1. The van der Waals surface area contributed by atoms with Gasteiger partial charge in [-0.25, -0.2) is 4.79 Å². The zero-order valence-electron chi connectivity index (χ0n) is 16.2. The van der Waals surface area contributed by atoms with Gasteiger partial charge in [-0.05, 0) is 24.0 Å². The molecule has 1 aliphatic heterocycles. The number of nitrogens with zero attached hydrogens (tertiary/aromatic N) is 2. The third-order valence-electron chi connectivity index (χ3n) is 3.88. The molecule has 8 nitrogen and oxygen atoms in total. The first-order valence-corrected chi connectivity index (χ1v) is 10.1. The van der Waals surface area contributed by atoms with Crippen molar-refractivity contribution < 1.29 is 19.5 Å². The Bertz CT molecular complexity index is 821. The maximum Gasteiger partial charge on any atom is 0.326 e.